The molecule has 0 aliphatic rings. The summed E-state index contributed by atoms with van der Waals surface area (Å²) in [5.41, 5.74) is -2.26. The van der Waals surface area contributed by atoms with Crippen LogP contribution >= 0.6 is 15.9 Å². The number of ether oxygens (including phenoxy) is 1. The molecule has 25 heavy (non-hydrogen) atoms. The van der Waals surface area contributed by atoms with Gasteiger partial charge in [0.05, 0.1) is 16.8 Å². The molecular weight excluding hydrogens is 407 g/mol. The quantitative estimate of drug-likeness (QED) is 0.740. The van der Waals surface area contributed by atoms with Crippen molar-refractivity contribution in [1.29, 1.82) is 0 Å². The van der Waals surface area contributed by atoms with Gasteiger partial charge in [0.2, 0.25) is 0 Å². The van der Waals surface area contributed by atoms with Gasteiger partial charge in [0, 0.05) is 4.47 Å². The first-order valence-corrected chi connectivity index (χ1v) is 7.60. The normalized spacial score (nSPS) is 11.0. The van der Waals surface area contributed by atoms with E-state index in [0.29, 0.717) is 5.56 Å². The molecule has 0 bridgehead atoms. The molecule has 2 N–H and O–H groups in total. The molecule has 1 amide bonds. The number of anilines is 1. The van der Waals surface area contributed by atoms with Gasteiger partial charge in [-0.3, -0.25) is 5.32 Å². The predicted molar refractivity (Wildman–Crippen MR) is 86.4 cm³/mol. The number of carboxylic acid groups (broad SMARTS) is 1. The lowest BCUT2D eigenvalue weighted by atomic mass is 10.1. The van der Waals surface area contributed by atoms with Crippen LogP contribution in [-0.4, -0.2) is 17.2 Å². The summed E-state index contributed by atoms with van der Waals surface area (Å²) in [6, 6.07) is 10.4. The van der Waals surface area contributed by atoms with Crippen molar-refractivity contribution in [2.45, 2.75) is 12.8 Å². The highest BCUT2D eigenvalue weighted by Gasteiger charge is 2.38. The van der Waals surface area contributed by atoms with Gasteiger partial charge in [-0.15, -0.1) is 0 Å². The number of nitrogens with one attached hydrogen (secondary N) is 1. The van der Waals surface area contributed by atoms with Crippen molar-refractivity contribution in [2.75, 3.05) is 5.32 Å². The molecule has 0 spiro atoms. The Balaban J connectivity index is 2.29. The van der Waals surface area contributed by atoms with Gasteiger partial charge in [0.25, 0.3) is 0 Å². The van der Waals surface area contributed by atoms with Crippen molar-refractivity contribution in [3.8, 4) is 0 Å². The van der Waals surface area contributed by atoms with Crippen molar-refractivity contribution in [3.63, 3.8) is 0 Å². The van der Waals surface area contributed by atoms with Gasteiger partial charge in [-0.05, 0) is 17.7 Å². The zero-order valence-corrected chi connectivity index (χ0v) is 14.0. The average molecular weight is 418 g/mol. The highest BCUT2D eigenvalue weighted by Crippen LogP contribution is 2.41. The molecule has 0 aliphatic carbocycles. The average Bonchev–Trinajstić information content (AvgIpc) is 2.52. The number of amides is 1. The van der Waals surface area contributed by atoms with Crippen LogP contribution in [0.25, 0.3) is 0 Å². The molecule has 132 valence electrons. The van der Waals surface area contributed by atoms with Crippen molar-refractivity contribution in [1.82, 2.24) is 0 Å². The third-order valence-electron chi connectivity index (χ3n) is 3.11. The van der Waals surface area contributed by atoms with E-state index >= 15 is 0 Å². The summed E-state index contributed by atoms with van der Waals surface area (Å²) in [7, 11) is 0. The molecule has 0 atom stereocenters. The maximum atomic E-state index is 13.2. The van der Waals surface area contributed by atoms with Gasteiger partial charge < -0.3 is 9.84 Å². The van der Waals surface area contributed by atoms with Crippen LogP contribution in [0.4, 0.5) is 23.7 Å². The van der Waals surface area contributed by atoms with Gasteiger partial charge >= 0.3 is 18.2 Å². The summed E-state index contributed by atoms with van der Waals surface area (Å²) >= 11 is 2.73. The van der Waals surface area contributed by atoms with E-state index < -0.39 is 39.5 Å². The molecular formula is C16H11BrF3NO4. The molecule has 2 aromatic carbocycles. The second-order valence-electron chi connectivity index (χ2n) is 4.83. The van der Waals surface area contributed by atoms with E-state index in [4.69, 9.17) is 9.84 Å². The van der Waals surface area contributed by atoms with Crippen LogP contribution in [0.1, 0.15) is 21.5 Å². The number of halogens is 4. The zero-order chi connectivity index (χ0) is 18.6. The molecule has 0 heterocycles. The fourth-order valence-corrected chi connectivity index (χ4v) is 2.58. The number of alkyl halides is 3. The van der Waals surface area contributed by atoms with Crippen LogP contribution in [0.3, 0.4) is 0 Å². The molecule has 0 saturated carbocycles. The van der Waals surface area contributed by atoms with Crippen LogP contribution in [0, 0.1) is 0 Å². The largest absolute Gasteiger partial charge is 0.478 e. The first-order chi connectivity index (χ1) is 11.7. The Morgan fingerprint density at radius 1 is 1.12 bits per heavy atom. The smallest absolute Gasteiger partial charge is 0.419 e. The predicted octanol–water partition coefficient (Wildman–Crippen LogP) is 4.91. The Morgan fingerprint density at radius 2 is 1.76 bits per heavy atom. The number of aromatic carboxylic acids is 1. The van der Waals surface area contributed by atoms with Crippen LogP contribution < -0.4 is 5.32 Å². The van der Waals surface area contributed by atoms with Crippen molar-refractivity contribution in [2.24, 2.45) is 0 Å². The summed E-state index contributed by atoms with van der Waals surface area (Å²) in [6.45, 7) is -0.176. The molecule has 2 aromatic rings. The third-order valence-corrected chi connectivity index (χ3v) is 3.77. The van der Waals surface area contributed by atoms with Gasteiger partial charge in [-0.2, -0.15) is 13.2 Å². The summed E-state index contributed by atoms with van der Waals surface area (Å²) in [5.74, 6) is -1.61. The van der Waals surface area contributed by atoms with E-state index in [2.05, 4.69) is 15.9 Å². The number of carbonyl (C=O) groups is 2. The summed E-state index contributed by atoms with van der Waals surface area (Å²) in [5, 5.41) is 11.0. The fraction of sp³-hybridized carbons (Fsp3) is 0.125. The number of rotatable bonds is 4. The van der Waals surface area contributed by atoms with Gasteiger partial charge in [0.1, 0.15) is 6.61 Å². The van der Waals surface area contributed by atoms with Crippen molar-refractivity contribution in [3.05, 3.63) is 63.6 Å². The summed E-state index contributed by atoms with van der Waals surface area (Å²) in [4.78, 5) is 23.0. The number of carboxylic acids is 1. The van der Waals surface area contributed by atoms with Crippen LogP contribution in [-0.2, 0) is 17.5 Å². The fourth-order valence-electron chi connectivity index (χ4n) is 2.02. The molecule has 0 fully saturated rings. The summed E-state index contributed by atoms with van der Waals surface area (Å²) < 4.78 is 44.2. The SMILES string of the molecule is O=C(Nc1c(C(=O)O)ccc(Br)c1C(F)(F)F)OCc1ccccc1. The molecule has 0 unspecified atom stereocenters. The maximum Gasteiger partial charge on any atom is 0.419 e. The highest BCUT2D eigenvalue weighted by molar-refractivity contribution is 9.10. The summed E-state index contributed by atoms with van der Waals surface area (Å²) in [6.07, 6.45) is -6.08. The minimum Gasteiger partial charge on any atom is -0.478 e. The Kier molecular flexibility index (Phi) is 5.68. The van der Waals surface area contributed by atoms with E-state index in [1.807, 2.05) is 5.32 Å². The molecule has 0 aromatic heterocycles. The molecule has 0 aliphatic heterocycles. The second kappa shape index (κ2) is 7.56. The van der Waals surface area contributed by atoms with Crippen LogP contribution in [0.15, 0.2) is 46.9 Å². The molecule has 5 nitrogen and oxygen atoms in total. The number of hydrogen-bond donors (Lipinski definition) is 2. The van der Waals surface area contributed by atoms with Crippen LogP contribution in [0.5, 0.6) is 0 Å². The van der Waals surface area contributed by atoms with E-state index in [1.165, 1.54) is 0 Å². The lowest BCUT2D eigenvalue weighted by Crippen LogP contribution is -2.21. The first-order valence-electron chi connectivity index (χ1n) is 6.81. The second-order valence-corrected chi connectivity index (χ2v) is 5.69. The lowest BCUT2D eigenvalue weighted by Gasteiger charge is -2.17. The van der Waals surface area contributed by atoms with E-state index in [-0.39, 0.29) is 6.61 Å². The van der Waals surface area contributed by atoms with Gasteiger partial charge in [-0.25, -0.2) is 9.59 Å². The van der Waals surface area contributed by atoms with Gasteiger partial charge in [0.15, 0.2) is 0 Å². The topological polar surface area (TPSA) is 75.6 Å². The highest BCUT2D eigenvalue weighted by atomic mass is 79.9. The number of benzene rings is 2. The Bertz CT molecular complexity index is 794. The molecule has 9 heteroatoms. The standard InChI is InChI=1S/C16H11BrF3NO4/c17-11-7-6-10(14(22)23)13(12(11)16(18,19)20)21-15(24)25-8-9-4-2-1-3-5-9/h1-7H,8H2,(H,21,24)(H,22,23). The lowest BCUT2D eigenvalue weighted by molar-refractivity contribution is -0.137. The van der Waals surface area contributed by atoms with Gasteiger partial charge in [-0.1, -0.05) is 46.3 Å². The Morgan fingerprint density at radius 3 is 2.32 bits per heavy atom. The first kappa shape index (κ1) is 18.8. The Hall–Kier alpha value is -2.55. The van der Waals surface area contributed by atoms with Crippen molar-refractivity contribution >= 4 is 33.7 Å². The zero-order valence-electron chi connectivity index (χ0n) is 12.4. The van der Waals surface area contributed by atoms with E-state index in [0.717, 1.165) is 12.1 Å². The molecule has 0 radical (unpaired) electrons. The van der Waals surface area contributed by atoms with Crippen molar-refractivity contribution < 1.29 is 32.6 Å². The monoisotopic (exact) mass is 417 g/mol. The minimum atomic E-state index is -4.88. The molecule has 0 saturated heterocycles. The van der Waals surface area contributed by atoms with E-state index in [9.17, 15) is 22.8 Å². The maximum absolute atomic E-state index is 13.2. The number of hydrogen-bond acceptors (Lipinski definition) is 3. The third kappa shape index (κ3) is 4.72. The minimum absolute atomic E-state index is 0.176. The number of carbonyl (C=O) groups excluding carboxylic acids is 1. The Labute approximate surface area is 148 Å². The van der Waals surface area contributed by atoms with Crippen LogP contribution in [0.2, 0.25) is 0 Å². The molecule has 2 rings (SSSR count). The van der Waals surface area contributed by atoms with E-state index in [1.54, 1.807) is 30.3 Å².